The van der Waals surface area contributed by atoms with Crippen LogP contribution >= 0.6 is 0 Å². The molecule has 2 aromatic rings. The van der Waals surface area contributed by atoms with Crippen molar-refractivity contribution < 1.29 is 13.6 Å². The number of carbonyl (C=O) groups excluding carboxylic acids is 1. The third-order valence-corrected chi connectivity index (χ3v) is 4.45. The number of nitrogens with one attached hydrogen (secondary N) is 1. The summed E-state index contributed by atoms with van der Waals surface area (Å²) in [4.78, 5) is 14.5. The summed E-state index contributed by atoms with van der Waals surface area (Å²) < 4.78 is 26.9. The highest BCUT2D eigenvalue weighted by atomic mass is 19.1. The first kappa shape index (κ1) is 16.6. The first-order valence-corrected chi connectivity index (χ1v) is 8.07. The van der Waals surface area contributed by atoms with Crippen LogP contribution in [0.3, 0.4) is 0 Å². The number of nitrogens with zero attached hydrogens (tertiary/aromatic N) is 1. The summed E-state index contributed by atoms with van der Waals surface area (Å²) in [6, 6.07) is 10.5. The average Bonchev–Trinajstić information content (AvgIpc) is 2.97. The molecule has 3 nitrogen and oxygen atoms in total. The monoisotopic (exact) mass is 330 g/mol. The number of anilines is 1. The van der Waals surface area contributed by atoms with Crippen LogP contribution < -0.4 is 10.2 Å². The fourth-order valence-corrected chi connectivity index (χ4v) is 3.19. The zero-order chi connectivity index (χ0) is 17.3. The van der Waals surface area contributed by atoms with Crippen LogP contribution in [0.1, 0.15) is 31.0 Å². The SMILES string of the molecule is CC(NC(C)c1ccc(F)cc1F)C(=O)N1CCc2ccccc21. The lowest BCUT2D eigenvalue weighted by atomic mass is 10.1. The normalized spacial score (nSPS) is 15.9. The van der Waals surface area contributed by atoms with E-state index in [9.17, 15) is 13.6 Å². The first-order valence-electron chi connectivity index (χ1n) is 8.07. The van der Waals surface area contributed by atoms with E-state index < -0.39 is 23.7 Å². The smallest absolute Gasteiger partial charge is 0.243 e. The number of hydrogen-bond acceptors (Lipinski definition) is 2. The van der Waals surface area contributed by atoms with Crippen LogP contribution in [-0.2, 0) is 11.2 Å². The van der Waals surface area contributed by atoms with Crippen LogP contribution in [0.2, 0.25) is 0 Å². The molecular formula is C19H20F2N2O. The molecule has 1 N–H and O–H groups in total. The second-order valence-electron chi connectivity index (χ2n) is 6.14. The number of hydrogen-bond donors (Lipinski definition) is 1. The lowest BCUT2D eigenvalue weighted by Crippen LogP contribution is -2.45. The third-order valence-electron chi connectivity index (χ3n) is 4.45. The second kappa shape index (κ2) is 6.69. The quantitative estimate of drug-likeness (QED) is 0.929. The van der Waals surface area contributed by atoms with Crippen molar-refractivity contribution in [3.05, 3.63) is 65.2 Å². The lowest BCUT2D eigenvalue weighted by molar-refractivity contribution is -0.120. The van der Waals surface area contributed by atoms with Crippen molar-refractivity contribution in [1.29, 1.82) is 0 Å². The zero-order valence-corrected chi connectivity index (χ0v) is 13.7. The zero-order valence-electron chi connectivity index (χ0n) is 13.7. The van der Waals surface area contributed by atoms with E-state index in [1.54, 1.807) is 18.7 Å². The first-order chi connectivity index (χ1) is 11.5. The highest BCUT2D eigenvalue weighted by Crippen LogP contribution is 2.28. The molecule has 1 amide bonds. The summed E-state index contributed by atoms with van der Waals surface area (Å²) in [6.45, 7) is 4.18. The number of benzene rings is 2. The van der Waals surface area contributed by atoms with E-state index in [2.05, 4.69) is 5.32 Å². The average molecular weight is 330 g/mol. The molecule has 0 bridgehead atoms. The van der Waals surface area contributed by atoms with Gasteiger partial charge in [0.25, 0.3) is 0 Å². The molecule has 1 aliphatic rings. The van der Waals surface area contributed by atoms with Gasteiger partial charge in [-0.3, -0.25) is 10.1 Å². The molecule has 1 heterocycles. The molecule has 0 aromatic heterocycles. The summed E-state index contributed by atoms with van der Waals surface area (Å²) in [5.74, 6) is -1.27. The molecular weight excluding hydrogens is 310 g/mol. The Balaban J connectivity index is 1.71. The Morgan fingerprint density at radius 1 is 1.17 bits per heavy atom. The topological polar surface area (TPSA) is 32.3 Å². The van der Waals surface area contributed by atoms with Crippen LogP contribution in [-0.4, -0.2) is 18.5 Å². The van der Waals surface area contributed by atoms with E-state index in [-0.39, 0.29) is 5.91 Å². The molecule has 0 saturated heterocycles. The molecule has 2 aromatic carbocycles. The number of rotatable bonds is 4. The number of halogens is 2. The number of amides is 1. The summed E-state index contributed by atoms with van der Waals surface area (Å²) in [5, 5.41) is 3.11. The maximum absolute atomic E-state index is 13.9. The Labute approximate surface area is 140 Å². The second-order valence-corrected chi connectivity index (χ2v) is 6.14. The van der Waals surface area contributed by atoms with Gasteiger partial charge in [-0.05, 0) is 38.0 Å². The van der Waals surface area contributed by atoms with Gasteiger partial charge in [0.1, 0.15) is 11.6 Å². The Bertz CT molecular complexity index is 763. The van der Waals surface area contributed by atoms with Crippen LogP contribution in [0.5, 0.6) is 0 Å². The number of fused-ring (bicyclic) bond motifs is 1. The van der Waals surface area contributed by atoms with Gasteiger partial charge in [0.05, 0.1) is 6.04 Å². The van der Waals surface area contributed by atoms with E-state index in [0.717, 1.165) is 23.7 Å². The van der Waals surface area contributed by atoms with Crippen molar-refractivity contribution in [2.75, 3.05) is 11.4 Å². The van der Waals surface area contributed by atoms with Gasteiger partial charge in [0.2, 0.25) is 5.91 Å². The van der Waals surface area contributed by atoms with Gasteiger partial charge in [-0.25, -0.2) is 8.78 Å². The van der Waals surface area contributed by atoms with E-state index in [1.165, 1.54) is 12.1 Å². The summed E-state index contributed by atoms with van der Waals surface area (Å²) in [5.41, 5.74) is 2.45. The molecule has 5 heteroatoms. The molecule has 0 saturated carbocycles. The van der Waals surface area contributed by atoms with E-state index in [1.807, 2.05) is 24.3 Å². The highest BCUT2D eigenvalue weighted by molar-refractivity contribution is 5.98. The predicted molar refractivity (Wildman–Crippen MR) is 89.9 cm³/mol. The molecule has 0 aliphatic carbocycles. The van der Waals surface area contributed by atoms with Crippen molar-refractivity contribution in [3.63, 3.8) is 0 Å². The summed E-state index contributed by atoms with van der Waals surface area (Å²) >= 11 is 0. The Kier molecular flexibility index (Phi) is 4.62. The van der Waals surface area contributed by atoms with Crippen molar-refractivity contribution in [2.45, 2.75) is 32.4 Å². The number of carbonyl (C=O) groups is 1. The molecule has 0 radical (unpaired) electrons. The fraction of sp³-hybridized carbons (Fsp3) is 0.316. The molecule has 0 spiro atoms. The van der Waals surface area contributed by atoms with E-state index >= 15 is 0 Å². The standard InChI is InChI=1S/C19H20F2N2O/c1-12(16-8-7-15(20)11-17(16)21)22-13(2)19(24)23-10-9-14-5-3-4-6-18(14)23/h3-8,11-13,22H,9-10H2,1-2H3. The van der Waals surface area contributed by atoms with Gasteiger partial charge in [0.15, 0.2) is 0 Å². The Hall–Kier alpha value is -2.27. The Morgan fingerprint density at radius 3 is 2.67 bits per heavy atom. The van der Waals surface area contributed by atoms with Crippen LogP contribution in [0.15, 0.2) is 42.5 Å². The van der Waals surface area contributed by atoms with E-state index in [0.29, 0.717) is 12.1 Å². The minimum absolute atomic E-state index is 0.0469. The predicted octanol–water partition coefficient (Wildman–Crippen LogP) is 3.59. The van der Waals surface area contributed by atoms with Gasteiger partial charge < -0.3 is 4.90 Å². The molecule has 2 atom stereocenters. The van der Waals surface area contributed by atoms with Gasteiger partial charge in [-0.15, -0.1) is 0 Å². The van der Waals surface area contributed by atoms with Gasteiger partial charge in [-0.2, -0.15) is 0 Å². The summed E-state index contributed by atoms with van der Waals surface area (Å²) in [7, 11) is 0. The van der Waals surface area contributed by atoms with Crippen LogP contribution in [0.4, 0.5) is 14.5 Å². The van der Waals surface area contributed by atoms with Gasteiger partial charge >= 0.3 is 0 Å². The van der Waals surface area contributed by atoms with Gasteiger partial charge in [-0.1, -0.05) is 24.3 Å². The largest absolute Gasteiger partial charge is 0.310 e. The molecule has 0 fully saturated rings. The highest BCUT2D eigenvalue weighted by Gasteiger charge is 2.28. The van der Waals surface area contributed by atoms with Crippen molar-refractivity contribution >= 4 is 11.6 Å². The minimum atomic E-state index is -0.610. The molecule has 126 valence electrons. The Morgan fingerprint density at radius 2 is 1.92 bits per heavy atom. The van der Waals surface area contributed by atoms with Gasteiger partial charge in [0, 0.05) is 29.9 Å². The third kappa shape index (κ3) is 3.17. The maximum Gasteiger partial charge on any atom is 0.243 e. The molecule has 1 aliphatic heterocycles. The summed E-state index contributed by atoms with van der Waals surface area (Å²) in [6.07, 6.45) is 0.844. The maximum atomic E-state index is 13.9. The minimum Gasteiger partial charge on any atom is -0.310 e. The molecule has 24 heavy (non-hydrogen) atoms. The van der Waals surface area contributed by atoms with Crippen LogP contribution in [0.25, 0.3) is 0 Å². The van der Waals surface area contributed by atoms with Crippen molar-refractivity contribution in [2.24, 2.45) is 0 Å². The van der Waals surface area contributed by atoms with E-state index in [4.69, 9.17) is 0 Å². The fourth-order valence-electron chi connectivity index (χ4n) is 3.19. The molecule has 2 unspecified atom stereocenters. The van der Waals surface area contributed by atoms with Crippen LogP contribution in [0, 0.1) is 11.6 Å². The number of para-hydroxylation sites is 1. The lowest BCUT2D eigenvalue weighted by Gasteiger charge is -2.25. The van der Waals surface area contributed by atoms with Crippen molar-refractivity contribution in [3.8, 4) is 0 Å². The molecule has 3 rings (SSSR count). The van der Waals surface area contributed by atoms with Crippen molar-refractivity contribution in [1.82, 2.24) is 5.32 Å².